The predicted octanol–water partition coefficient (Wildman–Crippen LogP) is 1.73. The lowest BCUT2D eigenvalue weighted by molar-refractivity contribution is -0.117. The lowest BCUT2D eigenvalue weighted by Gasteiger charge is -2.30. The molecule has 1 aliphatic heterocycles. The Morgan fingerprint density at radius 2 is 2.26 bits per heavy atom. The zero-order valence-electron chi connectivity index (χ0n) is 15.4. The second-order valence-electron chi connectivity index (χ2n) is 6.57. The number of nitrogens with zero attached hydrogens (tertiary/aromatic N) is 4. The summed E-state index contributed by atoms with van der Waals surface area (Å²) in [5.74, 6) is 0.316. The van der Waals surface area contributed by atoms with Crippen molar-refractivity contribution in [3.05, 3.63) is 34.4 Å². The van der Waals surface area contributed by atoms with Gasteiger partial charge in [0, 0.05) is 30.8 Å². The van der Waals surface area contributed by atoms with Crippen molar-refractivity contribution in [3.8, 4) is 0 Å². The van der Waals surface area contributed by atoms with Gasteiger partial charge >= 0.3 is 0 Å². The smallest absolute Gasteiger partial charge is 0.255 e. The SMILES string of the molecule is CC(C)N(CCCO)C(=O)c1cnc2c(c1)N(Cc1cscn1)C(=O)CN2. The van der Waals surface area contributed by atoms with Gasteiger partial charge in [-0.3, -0.25) is 9.59 Å². The Morgan fingerprint density at radius 3 is 2.93 bits per heavy atom. The highest BCUT2D eigenvalue weighted by Gasteiger charge is 2.28. The number of amides is 2. The van der Waals surface area contributed by atoms with Gasteiger partial charge in [0.2, 0.25) is 5.91 Å². The van der Waals surface area contributed by atoms with Crippen molar-refractivity contribution in [2.75, 3.05) is 29.9 Å². The van der Waals surface area contributed by atoms with E-state index < -0.39 is 0 Å². The predicted molar refractivity (Wildman–Crippen MR) is 104 cm³/mol. The number of thiazole rings is 1. The Hall–Kier alpha value is -2.52. The minimum absolute atomic E-state index is 0.00838. The zero-order valence-corrected chi connectivity index (χ0v) is 16.2. The van der Waals surface area contributed by atoms with Crippen LogP contribution in [0.15, 0.2) is 23.2 Å². The first-order valence-electron chi connectivity index (χ1n) is 8.84. The number of aliphatic hydroxyl groups excluding tert-OH is 1. The Labute approximate surface area is 161 Å². The zero-order chi connectivity index (χ0) is 19.4. The van der Waals surface area contributed by atoms with Crippen LogP contribution < -0.4 is 10.2 Å². The number of carbonyl (C=O) groups is 2. The summed E-state index contributed by atoms with van der Waals surface area (Å²) in [6.07, 6.45) is 2.04. The molecule has 0 aromatic carbocycles. The van der Waals surface area contributed by atoms with Gasteiger partial charge in [-0.2, -0.15) is 0 Å². The number of hydrogen-bond acceptors (Lipinski definition) is 7. The molecule has 1 aliphatic rings. The second kappa shape index (κ2) is 8.45. The molecular formula is C18H23N5O3S. The molecule has 2 aromatic heterocycles. The normalized spacial score (nSPS) is 13.5. The molecule has 0 atom stereocenters. The fourth-order valence-electron chi connectivity index (χ4n) is 2.95. The van der Waals surface area contributed by atoms with Crippen molar-refractivity contribution in [1.82, 2.24) is 14.9 Å². The highest BCUT2D eigenvalue weighted by atomic mass is 32.1. The van der Waals surface area contributed by atoms with E-state index in [0.29, 0.717) is 36.6 Å². The number of nitrogens with one attached hydrogen (secondary N) is 1. The first-order chi connectivity index (χ1) is 13.0. The van der Waals surface area contributed by atoms with Crippen molar-refractivity contribution < 1.29 is 14.7 Å². The van der Waals surface area contributed by atoms with Gasteiger partial charge in [0.15, 0.2) is 5.82 Å². The van der Waals surface area contributed by atoms with E-state index in [1.54, 1.807) is 21.4 Å². The van der Waals surface area contributed by atoms with Crippen molar-refractivity contribution in [2.45, 2.75) is 32.9 Å². The molecule has 0 saturated carbocycles. The molecule has 0 bridgehead atoms. The van der Waals surface area contributed by atoms with Crippen molar-refractivity contribution in [2.24, 2.45) is 0 Å². The van der Waals surface area contributed by atoms with Crippen LogP contribution >= 0.6 is 11.3 Å². The van der Waals surface area contributed by atoms with Crippen LogP contribution in [0.3, 0.4) is 0 Å². The molecule has 0 spiro atoms. The number of rotatable bonds is 7. The molecule has 0 radical (unpaired) electrons. The van der Waals surface area contributed by atoms with Crippen molar-refractivity contribution in [3.63, 3.8) is 0 Å². The summed E-state index contributed by atoms with van der Waals surface area (Å²) in [6.45, 7) is 4.85. The summed E-state index contributed by atoms with van der Waals surface area (Å²) in [6, 6.07) is 1.70. The molecule has 8 nitrogen and oxygen atoms in total. The van der Waals surface area contributed by atoms with E-state index >= 15 is 0 Å². The molecule has 0 aliphatic carbocycles. The molecule has 3 rings (SSSR count). The lowest BCUT2D eigenvalue weighted by Crippen LogP contribution is -2.41. The molecule has 9 heteroatoms. The molecular weight excluding hydrogens is 366 g/mol. The number of hydrogen-bond donors (Lipinski definition) is 2. The van der Waals surface area contributed by atoms with Crippen molar-refractivity contribution >= 4 is 34.7 Å². The molecule has 2 N–H and O–H groups in total. The number of aromatic nitrogens is 2. The molecule has 0 saturated heterocycles. The molecule has 0 unspecified atom stereocenters. The average Bonchev–Trinajstić information content (AvgIpc) is 3.17. The van der Waals surface area contributed by atoms with E-state index in [9.17, 15) is 9.59 Å². The van der Waals surface area contributed by atoms with Crippen molar-refractivity contribution in [1.29, 1.82) is 0 Å². The largest absolute Gasteiger partial charge is 0.396 e. The molecule has 27 heavy (non-hydrogen) atoms. The Morgan fingerprint density at radius 1 is 1.44 bits per heavy atom. The summed E-state index contributed by atoms with van der Waals surface area (Å²) in [7, 11) is 0. The average molecular weight is 389 g/mol. The van der Waals surface area contributed by atoms with Crippen LogP contribution in [0, 0.1) is 0 Å². The van der Waals surface area contributed by atoms with E-state index in [1.807, 2.05) is 19.2 Å². The van der Waals surface area contributed by atoms with E-state index in [4.69, 9.17) is 5.11 Å². The topological polar surface area (TPSA) is 98.7 Å². The molecule has 2 aromatic rings. The summed E-state index contributed by atoms with van der Waals surface area (Å²) in [5.41, 5.74) is 3.52. The lowest BCUT2D eigenvalue weighted by atomic mass is 10.1. The first kappa shape index (κ1) is 19.2. The number of anilines is 2. The third-order valence-electron chi connectivity index (χ3n) is 4.36. The van der Waals surface area contributed by atoms with Crippen LogP contribution in [-0.4, -0.2) is 57.5 Å². The van der Waals surface area contributed by atoms with Gasteiger partial charge in [-0.25, -0.2) is 9.97 Å². The van der Waals surface area contributed by atoms with Gasteiger partial charge in [-0.1, -0.05) is 0 Å². The maximum Gasteiger partial charge on any atom is 0.255 e. The van der Waals surface area contributed by atoms with Crippen LogP contribution in [0.2, 0.25) is 0 Å². The van der Waals surface area contributed by atoms with E-state index in [1.165, 1.54) is 17.5 Å². The maximum absolute atomic E-state index is 13.0. The summed E-state index contributed by atoms with van der Waals surface area (Å²) < 4.78 is 0. The third kappa shape index (κ3) is 4.25. The van der Waals surface area contributed by atoms with Gasteiger partial charge in [-0.05, 0) is 26.3 Å². The standard InChI is InChI=1S/C18H23N5O3S/c1-12(2)22(4-3-5-24)18(26)13-6-15-17(19-7-13)20-8-16(25)23(15)9-14-10-27-11-21-14/h6-7,10-12,24H,3-5,8-9H2,1-2H3,(H,19,20). The second-order valence-corrected chi connectivity index (χ2v) is 7.29. The number of aliphatic hydroxyl groups is 1. The van der Waals surface area contributed by atoms with Gasteiger partial charge in [0.1, 0.15) is 0 Å². The number of fused-ring (bicyclic) bond motifs is 1. The van der Waals surface area contributed by atoms with Gasteiger partial charge < -0.3 is 20.2 Å². The Kier molecular flexibility index (Phi) is 6.02. The Bertz CT molecular complexity index is 809. The third-order valence-corrected chi connectivity index (χ3v) is 4.99. The maximum atomic E-state index is 13.0. The fourth-order valence-corrected chi connectivity index (χ4v) is 3.50. The fraction of sp³-hybridized carbons (Fsp3) is 0.444. The quantitative estimate of drug-likeness (QED) is 0.748. The van der Waals surface area contributed by atoms with Gasteiger partial charge in [0.25, 0.3) is 5.91 Å². The highest BCUT2D eigenvalue weighted by Crippen LogP contribution is 2.30. The van der Waals surface area contributed by atoms with E-state index in [-0.39, 0.29) is 31.0 Å². The van der Waals surface area contributed by atoms with Crippen LogP contribution in [0.4, 0.5) is 11.5 Å². The summed E-state index contributed by atoms with van der Waals surface area (Å²) in [4.78, 5) is 37.3. The highest BCUT2D eigenvalue weighted by molar-refractivity contribution is 7.07. The van der Waals surface area contributed by atoms with E-state index in [0.717, 1.165) is 5.69 Å². The number of carbonyl (C=O) groups excluding carboxylic acids is 2. The number of pyridine rings is 1. The summed E-state index contributed by atoms with van der Waals surface area (Å²) in [5, 5.41) is 14.0. The molecule has 2 amide bonds. The van der Waals surface area contributed by atoms with Crippen LogP contribution in [0.25, 0.3) is 0 Å². The van der Waals surface area contributed by atoms with Gasteiger partial charge in [-0.15, -0.1) is 11.3 Å². The van der Waals surface area contributed by atoms with Crippen LogP contribution in [0.5, 0.6) is 0 Å². The molecule has 144 valence electrons. The monoisotopic (exact) mass is 389 g/mol. The summed E-state index contributed by atoms with van der Waals surface area (Å²) >= 11 is 1.47. The molecule has 0 fully saturated rings. The first-order valence-corrected chi connectivity index (χ1v) is 9.78. The van der Waals surface area contributed by atoms with Crippen LogP contribution in [0.1, 0.15) is 36.3 Å². The van der Waals surface area contributed by atoms with E-state index in [2.05, 4.69) is 15.3 Å². The minimum Gasteiger partial charge on any atom is -0.396 e. The Balaban J connectivity index is 1.90. The van der Waals surface area contributed by atoms with Gasteiger partial charge in [0.05, 0.1) is 35.5 Å². The minimum atomic E-state index is -0.166. The molecule has 3 heterocycles. The van der Waals surface area contributed by atoms with Crippen LogP contribution in [-0.2, 0) is 11.3 Å².